The van der Waals surface area contributed by atoms with Gasteiger partial charge in [-0.25, -0.2) is 9.37 Å². The number of H-pyrrole nitrogens is 1. The number of aldehydes is 1. The molecule has 100 valence electrons. The predicted octanol–water partition coefficient (Wildman–Crippen LogP) is 3.97. The monoisotopic (exact) mass is 286 g/mol. The first-order valence-corrected chi connectivity index (χ1v) is 6.86. The van der Waals surface area contributed by atoms with Crippen LogP contribution >= 0.6 is 11.8 Å². The van der Waals surface area contributed by atoms with Crippen LogP contribution in [-0.4, -0.2) is 16.3 Å². The van der Waals surface area contributed by atoms with Crippen LogP contribution in [0.25, 0.3) is 11.0 Å². The van der Waals surface area contributed by atoms with Crippen LogP contribution in [0.15, 0.2) is 46.5 Å². The third-order valence-electron chi connectivity index (χ3n) is 2.91. The standard InChI is InChI=1S/C15H11FN2OS/c1-9-2-4-12-13(6-9)18-15(17-12)20-14-5-3-10(8-19)7-11(14)16/h2-8H,1H3,(H,17,18). The zero-order chi connectivity index (χ0) is 14.1. The van der Waals surface area contributed by atoms with Crippen molar-refractivity contribution in [3.8, 4) is 0 Å². The number of nitrogens with zero attached hydrogens (tertiary/aromatic N) is 1. The molecule has 0 spiro atoms. The zero-order valence-corrected chi connectivity index (χ0v) is 11.5. The van der Waals surface area contributed by atoms with Gasteiger partial charge in [-0.3, -0.25) is 4.79 Å². The summed E-state index contributed by atoms with van der Waals surface area (Å²) in [6, 6.07) is 10.3. The molecule has 3 rings (SSSR count). The Hall–Kier alpha value is -2.14. The fourth-order valence-corrected chi connectivity index (χ4v) is 2.73. The number of carbonyl (C=O) groups excluding carboxylic acids is 1. The van der Waals surface area contributed by atoms with Crippen LogP contribution in [0.4, 0.5) is 4.39 Å². The van der Waals surface area contributed by atoms with Crippen LogP contribution in [-0.2, 0) is 0 Å². The van der Waals surface area contributed by atoms with Crippen molar-refractivity contribution in [3.05, 3.63) is 53.3 Å². The Balaban J connectivity index is 1.94. The summed E-state index contributed by atoms with van der Waals surface area (Å²) in [7, 11) is 0. The molecule has 0 saturated heterocycles. The van der Waals surface area contributed by atoms with Crippen molar-refractivity contribution in [1.29, 1.82) is 0 Å². The summed E-state index contributed by atoms with van der Waals surface area (Å²) in [6.45, 7) is 2.00. The van der Waals surface area contributed by atoms with Crippen molar-refractivity contribution in [1.82, 2.24) is 9.97 Å². The molecular formula is C15H11FN2OS. The molecule has 1 aromatic heterocycles. The minimum atomic E-state index is -0.420. The van der Waals surface area contributed by atoms with Crippen LogP contribution in [0.3, 0.4) is 0 Å². The molecule has 1 N–H and O–H groups in total. The lowest BCUT2D eigenvalue weighted by Gasteiger charge is -2.00. The molecule has 0 aliphatic carbocycles. The maximum atomic E-state index is 13.8. The third-order valence-corrected chi connectivity index (χ3v) is 3.85. The Labute approximate surface area is 119 Å². The Kier molecular flexibility index (Phi) is 3.28. The van der Waals surface area contributed by atoms with Gasteiger partial charge in [-0.1, -0.05) is 12.1 Å². The minimum Gasteiger partial charge on any atom is -0.333 e. The van der Waals surface area contributed by atoms with E-state index in [1.54, 1.807) is 12.1 Å². The van der Waals surface area contributed by atoms with Gasteiger partial charge in [0, 0.05) is 5.56 Å². The van der Waals surface area contributed by atoms with Crippen molar-refractivity contribution >= 4 is 29.1 Å². The van der Waals surface area contributed by atoms with Gasteiger partial charge in [-0.05, 0) is 48.5 Å². The van der Waals surface area contributed by atoms with E-state index in [4.69, 9.17) is 0 Å². The zero-order valence-electron chi connectivity index (χ0n) is 10.7. The van der Waals surface area contributed by atoms with E-state index in [1.165, 1.54) is 17.8 Å². The number of aromatic nitrogens is 2. The van der Waals surface area contributed by atoms with Gasteiger partial charge >= 0.3 is 0 Å². The average molecular weight is 286 g/mol. The number of fused-ring (bicyclic) bond motifs is 1. The Bertz CT molecular complexity index is 798. The lowest BCUT2D eigenvalue weighted by atomic mass is 10.2. The number of benzene rings is 2. The van der Waals surface area contributed by atoms with Gasteiger partial charge in [-0.2, -0.15) is 0 Å². The Morgan fingerprint density at radius 1 is 1.25 bits per heavy atom. The molecular weight excluding hydrogens is 275 g/mol. The summed E-state index contributed by atoms with van der Waals surface area (Å²) in [4.78, 5) is 18.6. The minimum absolute atomic E-state index is 0.326. The molecule has 0 fully saturated rings. The summed E-state index contributed by atoms with van der Waals surface area (Å²) in [5, 5.41) is 0.628. The van der Waals surface area contributed by atoms with Crippen LogP contribution in [0.5, 0.6) is 0 Å². The molecule has 0 atom stereocenters. The van der Waals surface area contributed by atoms with E-state index in [2.05, 4.69) is 9.97 Å². The van der Waals surface area contributed by atoms with E-state index in [0.717, 1.165) is 16.6 Å². The molecule has 5 heteroatoms. The van der Waals surface area contributed by atoms with Crippen molar-refractivity contribution in [3.63, 3.8) is 0 Å². The lowest BCUT2D eigenvalue weighted by molar-refractivity contribution is 0.112. The summed E-state index contributed by atoms with van der Waals surface area (Å²) in [5.74, 6) is -0.420. The van der Waals surface area contributed by atoms with Gasteiger partial charge in [0.25, 0.3) is 0 Å². The number of aryl methyl sites for hydroxylation is 1. The second-order valence-electron chi connectivity index (χ2n) is 4.47. The van der Waals surface area contributed by atoms with E-state index in [1.807, 2.05) is 25.1 Å². The first-order valence-electron chi connectivity index (χ1n) is 6.04. The van der Waals surface area contributed by atoms with Crippen LogP contribution in [0.1, 0.15) is 15.9 Å². The van der Waals surface area contributed by atoms with Gasteiger partial charge < -0.3 is 4.98 Å². The molecule has 0 radical (unpaired) electrons. The number of rotatable bonds is 3. The quantitative estimate of drug-likeness (QED) is 0.741. The first-order chi connectivity index (χ1) is 9.65. The molecule has 0 unspecified atom stereocenters. The molecule has 0 bridgehead atoms. The second-order valence-corrected chi connectivity index (χ2v) is 5.50. The van der Waals surface area contributed by atoms with Crippen LogP contribution < -0.4 is 0 Å². The first kappa shape index (κ1) is 12.9. The fraction of sp³-hybridized carbons (Fsp3) is 0.0667. The predicted molar refractivity (Wildman–Crippen MR) is 76.7 cm³/mol. The highest BCUT2D eigenvalue weighted by molar-refractivity contribution is 7.99. The molecule has 1 heterocycles. The normalized spacial score (nSPS) is 10.9. The van der Waals surface area contributed by atoms with Crippen molar-refractivity contribution in [2.75, 3.05) is 0 Å². The Morgan fingerprint density at radius 2 is 2.10 bits per heavy atom. The lowest BCUT2D eigenvalue weighted by Crippen LogP contribution is -1.86. The third kappa shape index (κ3) is 2.44. The molecule has 3 aromatic rings. The fourth-order valence-electron chi connectivity index (χ4n) is 1.93. The number of nitrogens with one attached hydrogen (secondary N) is 1. The van der Waals surface area contributed by atoms with Gasteiger partial charge in [0.2, 0.25) is 0 Å². The molecule has 0 saturated carbocycles. The summed E-state index contributed by atoms with van der Waals surface area (Å²) >= 11 is 1.21. The van der Waals surface area contributed by atoms with Gasteiger partial charge in [0.1, 0.15) is 12.1 Å². The van der Waals surface area contributed by atoms with Crippen molar-refractivity contribution < 1.29 is 9.18 Å². The SMILES string of the molecule is Cc1ccc2nc(Sc3ccc(C=O)cc3F)[nH]c2c1. The van der Waals surface area contributed by atoms with Crippen molar-refractivity contribution in [2.24, 2.45) is 0 Å². The van der Waals surface area contributed by atoms with Crippen molar-refractivity contribution in [2.45, 2.75) is 17.0 Å². The number of carbonyl (C=O) groups is 1. The maximum Gasteiger partial charge on any atom is 0.171 e. The molecule has 2 aromatic carbocycles. The second kappa shape index (κ2) is 5.09. The summed E-state index contributed by atoms with van der Waals surface area (Å²) in [6.07, 6.45) is 0.626. The van der Waals surface area contributed by atoms with E-state index in [-0.39, 0.29) is 0 Å². The van der Waals surface area contributed by atoms with E-state index in [9.17, 15) is 9.18 Å². The van der Waals surface area contributed by atoms with Crippen LogP contribution in [0, 0.1) is 12.7 Å². The average Bonchev–Trinajstić information content (AvgIpc) is 2.82. The maximum absolute atomic E-state index is 13.8. The number of hydrogen-bond acceptors (Lipinski definition) is 3. The Morgan fingerprint density at radius 3 is 2.85 bits per heavy atom. The molecule has 0 aliphatic rings. The smallest absolute Gasteiger partial charge is 0.171 e. The highest BCUT2D eigenvalue weighted by Gasteiger charge is 2.09. The number of halogens is 1. The van der Waals surface area contributed by atoms with Gasteiger partial charge in [0.15, 0.2) is 5.16 Å². The largest absolute Gasteiger partial charge is 0.333 e. The van der Waals surface area contributed by atoms with Crippen LogP contribution in [0.2, 0.25) is 0 Å². The van der Waals surface area contributed by atoms with E-state index < -0.39 is 5.82 Å². The van der Waals surface area contributed by atoms with E-state index in [0.29, 0.717) is 21.9 Å². The molecule has 3 nitrogen and oxygen atoms in total. The number of hydrogen-bond donors (Lipinski definition) is 1. The highest BCUT2D eigenvalue weighted by atomic mass is 32.2. The number of aromatic amines is 1. The highest BCUT2D eigenvalue weighted by Crippen LogP contribution is 2.29. The molecule has 0 aliphatic heterocycles. The van der Waals surface area contributed by atoms with E-state index >= 15 is 0 Å². The molecule has 20 heavy (non-hydrogen) atoms. The molecule has 0 amide bonds. The topological polar surface area (TPSA) is 45.8 Å². The summed E-state index contributed by atoms with van der Waals surface area (Å²) in [5.41, 5.74) is 3.24. The van der Waals surface area contributed by atoms with Gasteiger partial charge in [0.05, 0.1) is 15.9 Å². The summed E-state index contributed by atoms with van der Waals surface area (Å²) < 4.78 is 13.8. The number of imidazole rings is 1. The van der Waals surface area contributed by atoms with Gasteiger partial charge in [-0.15, -0.1) is 0 Å².